The highest BCUT2D eigenvalue weighted by atomic mass is 16.6. The van der Waals surface area contributed by atoms with Gasteiger partial charge in [0.1, 0.15) is 5.60 Å². The van der Waals surface area contributed by atoms with Crippen LogP contribution in [0.2, 0.25) is 0 Å². The van der Waals surface area contributed by atoms with E-state index in [1.807, 2.05) is 0 Å². The minimum Gasteiger partial charge on any atom is -0.466 e. The molecule has 3 bridgehead atoms. The maximum Gasteiger partial charge on any atom is 0.335 e. The standard InChI is InChI=1S/C34H54O2.C4H6O2/c35-30-28-29-32(24-18-12-6-2-7-13-19-25-32)34(36-30,31(28)22-16-10-4-1-5-11-17-23-31)33(29)26-20-14-8-3-9-15-21-27-33;1-3-4(5)6-2/h1-27H2;3H,1H2,2H3. The second-order valence-electron chi connectivity index (χ2n) is 14.7. The van der Waals surface area contributed by atoms with Crippen molar-refractivity contribution in [2.75, 3.05) is 7.11 Å². The summed E-state index contributed by atoms with van der Waals surface area (Å²) in [4.78, 5) is 23.7. The molecule has 5 fully saturated rings. The van der Waals surface area contributed by atoms with Crippen molar-refractivity contribution in [1.82, 2.24) is 0 Å². The molecule has 0 amide bonds. The summed E-state index contributed by atoms with van der Waals surface area (Å²) >= 11 is 0. The smallest absolute Gasteiger partial charge is 0.335 e. The fourth-order valence-electron chi connectivity index (χ4n) is 11.3. The fourth-order valence-corrected chi connectivity index (χ4v) is 11.3. The van der Waals surface area contributed by atoms with Crippen LogP contribution in [0.15, 0.2) is 23.8 Å². The van der Waals surface area contributed by atoms with Crippen LogP contribution < -0.4 is 0 Å². The second-order valence-corrected chi connectivity index (χ2v) is 14.7. The first-order valence-electron chi connectivity index (χ1n) is 18.2. The highest BCUT2D eigenvalue weighted by molar-refractivity contribution is 6.01. The van der Waals surface area contributed by atoms with E-state index in [-0.39, 0.29) is 27.8 Å². The molecule has 0 aromatic heterocycles. The number of ether oxygens (including phenoxy) is 2. The Balaban J connectivity index is 0.000000535. The monoisotopic (exact) mass is 580 g/mol. The number of hydrogen-bond donors (Lipinski definition) is 0. The lowest BCUT2D eigenvalue weighted by Crippen LogP contribution is -2.75. The lowest BCUT2D eigenvalue weighted by atomic mass is 9.34. The molecule has 0 N–H and O–H groups in total. The Kier molecular flexibility index (Phi) is 10.6. The van der Waals surface area contributed by atoms with Crippen LogP contribution in [0.1, 0.15) is 173 Å². The van der Waals surface area contributed by atoms with Crippen LogP contribution in [0.25, 0.3) is 0 Å². The van der Waals surface area contributed by atoms with Gasteiger partial charge >= 0.3 is 11.9 Å². The van der Waals surface area contributed by atoms with Gasteiger partial charge in [0, 0.05) is 27.9 Å². The van der Waals surface area contributed by atoms with Crippen LogP contribution in [0.4, 0.5) is 0 Å². The Hall–Kier alpha value is -1.58. The molecular formula is C38H60O4. The summed E-state index contributed by atoms with van der Waals surface area (Å²) in [6, 6.07) is 0. The highest BCUT2D eigenvalue weighted by Gasteiger charge is 2.93. The van der Waals surface area contributed by atoms with Crippen molar-refractivity contribution in [1.29, 1.82) is 0 Å². The normalized spacial score (nSPS) is 28.5. The summed E-state index contributed by atoms with van der Waals surface area (Å²) in [5.41, 5.74) is 3.29. The summed E-state index contributed by atoms with van der Waals surface area (Å²) in [7, 11) is 1.31. The van der Waals surface area contributed by atoms with E-state index in [9.17, 15) is 9.59 Å². The molecule has 0 radical (unpaired) electrons. The fraction of sp³-hybridized carbons (Fsp3) is 0.842. The first-order chi connectivity index (χ1) is 20.6. The molecule has 236 valence electrons. The van der Waals surface area contributed by atoms with Crippen LogP contribution >= 0.6 is 0 Å². The van der Waals surface area contributed by atoms with Gasteiger partial charge in [0.05, 0.1) is 7.11 Å². The maximum absolute atomic E-state index is 13.8. The van der Waals surface area contributed by atoms with E-state index in [0.29, 0.717) is 0 Å². The van der Waals surface area contributed by atoms with E-state index in [0.717, 1.165) is 6.08 Å². The molecule has 7 aliphatic rings. The Morgan fingerprint density at radius 3 is 1.19 bits per heavy atom. The molecule has 0 aromatic carbocycles. The molecule has 4 heteroatoms. The van der Waals surface area contributed by atoms with Gasteiger partial charge in [-0.3, -0.25) is 0 Å². The molecule has 7 rings (SSSR count). The van der Waals surface area contributed by atoms with Crippen molar-refractivity contribution in [3.05, 3.63) is 23.8 Å². The van der Waals surface area contributed by atoms with E-state index in [1.165, 1.54) is 186 Å². The number of esters is 2. The molecule has 4 nitrogen and oxygen atoms in total. The first-order valence-corrected chi connectivity index (χ1v) is 18.2. The van der Waals surface area contributed by atoms with Crippen LogP contribution in [0.3, 0.4) is 0 Å². The third kappa shape index (κ3) is 5.13. The molecule has 0 unspecified atom stereocenters. The molecular weight excluding hydrogens is 520 g/mol. The quantitative estimate of drug-likeness (QED) is 0.229. The Morgan fingerprint density at radius 1 is 0.595 bits per heavy atom. The molecule has 1 heterocycles. The van der Waals surface area contributed by atoms with E-state index >= 15 is 0 Å². The SMILES string of the molecule is C=CC(=O)OC.O=C1OC23C4(CCCCCCCCC4)C1=C(C21CCCCCCCCC1)C31CCCCCCCCC1. The number of rotatable bonds is 1. The first kappa shape index (κ1) is 31.8. The van der Waals surface area contributed by atoms with Gasteiger partial charge in [0.25, 0.3) is 0 Å². The molecule has 1 saturated heterocycles. The van der Waals surface area contributed by atoms with Crippen LogP contribution in [-0.4, -0.2) is 24.6 Å². The maximum atomic E-state index is 13.8. The van der Waals surface area contributed by atoms with Gasteiger partial charge in [-0.25, -0.2) is 9.59 Å². The van der Waals surface area contributed by atoms with Crippen molar-refractivity contribution < 1.29 is 19.1 Å². The van der Waals surface area contributed by atoms with E-state index in [2.05, 4.69) is 11.3 Å². The second kappa shape index (κ2) is 14.0. The Labute approximate surface area is 256 Å². The number of hydrogen-bond acceptors (Lipinski definition) is 4. The largest absolute Gasteiger partial charge is 0.466 e. The molecule has 1 aliphatic heterocycles. The lowest BCUT2D eigenvalue weighted by Gasteiger charge is -2.72. The lowest BCUT2D eigenvalue weighted by molar-refractivity contribution is -0.267. The number of methoxy groups -OCH3 is 1. The van der Waals surface area contributed by atoms with E-state index in [4.69, 9.17) is 4.74 Å². The molecule has 0 atom stereocenters. The van der Waals surface area contributed by atoms with Crippen molar-refractivity contribution >= 4 is 11.9 Å². The van der Waals surface area contributed by atoms with Gasteiger partial charge in [-0.15, -0.1) is 0 Å². The Bertz CT molecular complexity index is 923. The van der Waals surface area contributed by atoms with Crippen LogP contribution in [0, 0.1) is 16.2 Å². The van der Waals surface area contributed by atoms with E-state index < -0.39 is 5.97 Å². The van der Waals surface area contributed by atoms with Crippen LogP contribution in [-0.2, 0) is 19.1 Å². The topological polar surface area (TPSA) is 52.6 Å². The molecule has 6 aliphatic carbocycles. The van der Waals surface area contributed by atoms with Crippen molar-refractivity contribution in [2.45, 2.75) is 179 Å². The zero-order valence-electron chi connectivity index (χ0n) is 27.0. The third-order valence-electron chi connectivity index (χ3n) is 12.6. The zero-order valence-corrected chi connectivity index (χ0v) is 27.0. The van der Waals surface area contributed by atoms with Gasteiger partial charge in [-0.2, -0.15) is 0 Å². The third-order valence-corrected chi connectivity index (χ3v) is 12.6. The summed E-state index contributed by atoms with van der Waals surface area (Å²) in [5.74, 6) is -0.248. The van der Waals surface area contributed by atoms with Gasteiger partial charge in [-0.1, -0.05) is 141 Å². The number of carbonyl (C=O) groups is 2. The summed E-state index contributed by atoms with van der Waals surface area (Å²) in [6.45, 7) is 3.16. The van der Waals surface area contributed by atoms with E-state index in [1.54, 1.807) is 5.57 Å². The average molecular weight is 581 g/mol. The minimum absolute atomic E-state index is 0.0466. The van der Waals surface area contributed by atoms with Gasteiger partial charge in [0.15, 0.2) is 0 Å². The average Bonchev–Trinajstić information content (AvgIpc) is 3.47. The zero-order chi connectivity index (χ0) is 29.5. The minimum atomic E-state index is -0.394. The summed E-state index contributed by atoms with van der Waals surface area (Å²) < 4.78 is 11.2. The van der Waals surface area contributed by atoms with Crippen molar-refractivity contribution in [3.63, 3.8) is 0 Å². The molecule has 4 spiro atoms. The highest BCUT2D eigenvalue weighted by Crippen LogP contribution is 2.90. The van der Waals surface area contributed by atoms with Gasteiger partial charge < -0.3 is 9.47 Å². The van der Waals surface area contributed by atoms with Gasteiger partial charge in [0.2, 0.25) is 0 Å². The van der Waals surface area contributed by atoms with Crippen LogP contribution in [0.5, 0.6) is 0 Å². The van der Waals surface area contributed by atoms with Gasteiger partial charge in [-0.05, 0) is 44.1 Å². The Morgan fingerprint density at radius 2 is 0.905 bits per heavy atom. The molecule has 0 aromatic rings. The predicted octanol–water partition coefficient (Wildman–Crippen LogP) is 10.5. The van der Waals surface area contributed by atoms with Crippen molar-refractivity contribution in [2.24, 2.45) is 16.2 Å². The predicted molar refractivity (Wildman–Crippen MR) is 170 cm³/mol. The molecule has 42 heavy (non-hydrogen) atoms. The summed E-state index contributed by atoms with van der Waals surface area (Å²) in [6.07, 6.45) is 37.7. The summed E-state index contributed by atoms with van der Waals surface area (Å²) in [5, 5.41) is 0. The number of carbonyl (C=O) groups excluding carboxylic acids is 2. The molecule has 4 saturated carbocycles. The van der Waals surface area contributed by atoms with Crippen molar-refractivity contribution in [3.8, 4) is 0 Å².